The lowest BCUT2D eigenvalue weighted by molar-refractivity contribution is 0.0993. The van der Waals surface area contributed by atoms with Gasteiger partial charge in [0, 0.05) is 5.69 Å². The minimum Gasteiger partial charge on any atom is -0.417 e. The van der Waals surface area contributed by atoms with Crippen LogP contribution in [0.2, 0.25) is 0 Å². The summed E-state index contributed by atoms with van der Waals surface area (Å²) >= 11 is 0. The molecule has 1 aromatic heterocycles. The summed E-state index contributed by atoms with van der Waals surface area (Å²) in [6.07, 6.45) is 0. The maximum Gasteiger partial charge on any atom is 0.344 e. The molecule has 0 bridgehead atoms. The topological polar surface area (TPSA) is 59.3 Å². The molecule has 1 heterocycles. The average molecular weight is 307 g/mol. The fraction of sp³-hybridized carbons (Fsp3) is 0.158. The van der Waals surface area contributed by atoms with Crippen molar-refractivity contribution in [1.82, 2.24) is 0 Å². The predicted molar refractivity (Wildman–Crippen MR) is 91.1 cm³/mol. The van der Waals surface area contributed by atoms with E-state index in [0.717, 1.165) is 22.4 Å². The molecule has 0 atom stereocenters. The lowest BCUT2D eigenvalue weighted by Gasteiger charge is -2.12. The van der Waals surface area contributed by atoms with Gasteiger partial charge in [-0.3, -0.25) is 4.79 Å². The minimum atomic E-state index is -0.509. The van der Waals surface area contributed by atoms with Gasteiger partial charge < -0.3 is 9.73 Å². The SMILES string of the molecule is Cc1cc(C)c(NC(=O)c2cc3ccccc3c(=O)o2)c(C)c1. The quantitative estimate of drug-likeness (QED) is 0.779. The van der Waals surface area contributed by atoms with Gasteiger partial charge in [0.15, 0.2) is 5.76 Å². The smallest absolute Gasteiger partial charge is 0.344 e. The van der Waals surface area contributed by atoms with E-state index in [1.165, 1.54) is 0 Å². The molecule has 0 aliphatic heterocycles. The van der Waals surface area contributed by atoms with Crippen molar-refractivity contribution in [2.24, 2.45) is 0 Å². The van der Waals surface area contributed by atoms with Gasteiger partial charge in [-0.2, -0.15) is 0 Å². The van der Waals surface area contributed by atoms with Gasteiger partial charge >= 0.3 is 5.63 Å². The molecule has 116 valence electrons. The first-order valence-electron chi connectivity index (χ1n) is 7.38. The number of hydrogen-bond acceptors (Lipinski definition) is 3. The van der Waals surface area contributed by atoms with E-state index in [-0.39, 0.29) is 5.76 Å². The normalized spacial score (nSPS) is 10.7. The van der Waals surface area contributed by atoms with Gasteiger partial charge in [0.05, 0.1) is 5.39 Å². The maximum absolute atomic E-state index is 12.5. The standard InChI is InChI=1S/C19H17NO3/c1-11-8-12(2)17(13(3)9-11)20-18(21)16-10-14-6-4-5-7-15(14)19(22)23-16/h4-10H,1-3H3,(H,20,21). The molecule has 4 nitrogen and oxygen atoms in total. The molecule has 23 heavy (non-hydrogen) atoms. The van der Waals surface area contributed by atoms with Crippen LogP contribution in [-0.4, -0.2) is 5.91 Å². The van der Waals surface area contributed by atoms with Gasteiger partial charge in [0.25, 0.3) is 5.91 Å². The van der Waals surface area contributed by atoms with Crippen LogP contribution in [0.3, 0.4) is 0 Å². The molecular formula is C19H17NO3. The van der Waals surface area contributed by atoms with E-state index in [0.29, 0.717) is 10.8 Å². The Balaban J connectivity index is 2.00. The van der Waals surface area contributed by atoms with Crippen LogP contribution < -0.4 is 10.9 Å². The molecule has 0 unspecified atom stereocenters. The number of anilines is 1. The predicted octanol–water partition coefficient (Wildman–Crippen LogP) is 3.97. The molecule has 1 amide bonds. The summed E-state index contributed by atoms with van der Waals surface area (Å²) in [6, 6.07) is 12.6. The van der Waals surface area contributed by atoms with Gasteiger partial charge in [-0.1, -0.05) is 35.9 Å². The van der Waals surface area contributed by atoms with Gasteiger partial charge in [-0.15, -0.1) is 0 Å². The number of carbonyl (C=O) groups excluding carboxylic acids is 1. The summed E-state index contributed by atoms with van der Waals surface area (Å²) in [5, 5.41) is 3.99. The monoisotopic (exact) mass is 307 g/mol. The summed E-state index contributed by atoms with van der Waals surface area (Å²) in [5.74, 6) is -0.420. The number of carbonyl (C=O) groups is 1. The largest absolute Gasteiger partial charge is 0.417 e. The van der Waals surface area contributed by atoms with Crippen molar-refractivity contribution < 1.29 is 9.21 Å². The summed E-state index contributed by atoms with van der Waals surface area (Å²) in [4.78, 5) is 24.4. The fourth-order valence-corrected chi connectivity index (χ4v) is 2.80. The van der Waals surface area contributed by atoms with Crippen LogP contribution in [0.5, 0.6) is 0 Å². The second kappa shape index (κ2) is 5.72. The van der Waals surface area contributed by atoms with Gasteiger partial charge in [-0.05, 0) is 49.4 Å². The first-order valence-corrected chi connectivity index (χ1v) is 7.38. The molecule has 2 aromatic carbocycles. The van der Waals surface area contributed by atoms with Crippen molar-refractivity contribution in [3.8, 4) is 0 Å². The summed E-state index contributed by atoms with van der Waals surface area (Å²) in [7, 11) is 0. The fourth-order valence-electron chi connectivity index (χ4n) is 2.80. The highest BCUT2D eigenvalue weighted by atomic mass is 16.4. The van der Waals surface area contributed by atoms with Crippen molar-refractivity contribution in [2.75, 3.05) is 5.32 Å². The summed E-state index contributed by atoms with van der Waals surface area (Å²) in [5.41, 5.74) is 3.32. The summed E-state index contributed by atoms with van der Waals surface area (Å²) < 4.78 is 5.16. The number of amides is 1. The first kappa shape index (κ1) is 15.0. The molecule has 0 aliphatic rings. The minimum absolute atomic E-state index is 0.00748. The number of benzene rings is 2. The van der Waals surface area contributed by atoms with Crippen LogP contribution in [0.1, 0.15) is 27.2 Å². The Morgan fingerprint density at radius 2 is 1.65 bits per heavy atom. The second-order valence-corrected chi connectivity index (χ2v) is 5.71. The molecule has 3 aromatic rings. The highest BCUT2D eigenvalue weighted by Gasteiger charge is 2.14. The van der Waals surface area contributed by atoms with E-state index < -0.39 is 11.5 Å². The number of aryl methyl sites for hydroxylation is 3. The lowest BCUT2D eigenvalue weighted by atomic mass is 10.0. The molecule has 0 saturated heterocycles. The van der Waals surface area contributed by atoms with E-state index in [1.54, 1.807) is 24.3 Å². The van der Waals surface area contributed by atoms with E-state index in [9.17, 15) is 9.59 Å². The third-order valence-electron chi connectivity index (χ3n) is 3.81. The number of nitrogens with one attached hydrogen (secondary N) is 1. The van der Waals surface area contributed by atoms with Crippen LogP contribution in [0.25, 0.3) is 10.8 Å². The molecule has 0 fully saturated rings. The first-order chi connectivity index (χ1) is 11.0. The summed E-state index contributed by atoms with van der Waals surface area (Å²) in [6.45, 7) is 5.88. The van der Waals surface area contributed by atoms with Gasteiger partial charge in [0.1, 0.15) is 0 Å². The van der Waals surface area contributed by atoms with E-state index in [1.807, 2.05) is 39.0 Å². The lowest BCUT2D eigenvalue weighted by Crippen LogP contribution is -2.16. The zero-order chi connectivity index (χ0) is 16.6. The van der Waals surface area contributed by atoms with Crippen molar-refractivity contribution in [1.29, 1.82) is 0 Å². The molecule has 0 saturated carbocycles. The third-order valence-corrected chi connectivity index (χ3v) is 3.81. The molecule has 4 heteroatoms. The Labute approximate surface area is 133 Å². The molecular weight excluding hydrogens is 290 g/mol. The second-order valence-electron chi connectivity index (χ2n) is 5.71. The van der Waals surface area contributed by atoms with Crippen LogP contribution in [0, 0.1) is 20.8 Å². The number of hydrogen-bond donors (Lipinski definition) is 1. The number of fused-ring (bicyclic) bond motifs is 1. The van der Waals surface area contributed by atoms with Crippen molar-refractivity contribution in [3.63, 3.8) is 0 Å². The Morgan fingerprint density at radius 1 is 1.00 bits per heavy atom. The van der Waals surface area contributed by atoms with Crippen LogP contribution in [0.4, 0.5) is 5.69 Å². The van der Waals surface area contributed by atoms with Crippen molar-refractivity contribution in [2.45, 2.75) is 20.8 Å². The highest BCUT2D eigenvalue weighted by molar-refractivity contribution is 6.04. The van der Waals surface area contributed by atoms with E-state index in [2.05, 4.69) is 5.32 Å². The van der Waals surface area contributed by atoms with Gasteiger partial charge in [-0.25, -0.2) is 4.79 Å². The van der Waals surface area contributed by atoms with Crippen LogP contribution in [-0.2, 0) is 0 Å². The highest BCUT2D eigenvalue weighted by Crippen LogP contribution is 2.23. The maximum atomic E-state index is 12.5. The molecule has 1 N–H and O–H groups in total. The Morgan fingerprint density at radius 3 is 2.35 bits per heavy atom. The van der Waals surface area contributed by atoms with Crippen molar-refractivity contribution in [3.05, 3.63) is 75.3 Å². The average Bonchev–Trinajstić information content (AvgIpc) is 2.50. The van der Waals surface area contributed by atoms with E-state index >= 15 is 0 Å². The zero-order valence-corrected chi connectivity index (χ0v) is 13.3. The van der Waals surface area contributed by atoms with Crippen LogP contribution in [0.15, 0.2) is 51.7 Å². The molecule has 3 rings (SSSR count). The number of rotatable bonds is 2. The van der Waals surface area contributed by atoms with Crippen LogP contribution >= 0.6 is 0 Å². The Kier molecular flexibility index (Phi) is 3.74. The van der Waals surface area contributed by atoms with E-state index in [4.69, 9.17) is 4.42 Å². The molecule has 0 radical (unpaired) electrons. The molecule has 0 spiro atoms. The molecule has 0 aliphatic carbocycles. The third kappa shape index (κ3) is 2.88. The Bertz CT molecular complexity index is 947. The van der Waals surface area contributed by atoms with Gasteiger partial charge in [0.2, 0.25) is 0 Å². The zero-order valence-electron chi connectivity index (χ0n) is 13.3. The van der Waals surface area contributed by atoms with Crippen molar-refractivity contribution >= 4 is 22.4 Å². The Hall–Kier alpha value is -2.88.